The first-order chi connectivity index (χ1) is 1.41. The summed E-state index contributed by atoms with van der Waals surface area (Å²) in [4.78, 5) is 0. The van der Waals surface area contributed by atoms with Crippen molar-refractivity contribution in [1.29, 1.82) is 0 Å². The van der Waals surface area contributed by atoms with E-state index in [2.05, 4.69) is 13.2 Å². The van der Waals surface area contributed by atoms with Crippen LogP contribution in [0.25, 0.3) is 0 Å². The Morgan fingerprint density at radius 1 is 1.00 bits per heavy atom. The van der Waals surface area contributed by atoms with Crippen LogP contribution in [0.3, 0.4) is 0 Å². The van der Waals surface area contributed by atoms with Gasteiger partial charge in [-0.2, -0.15) is 0 Å². The van der Waals surface area contributed by atoms with Crippen LogP contribution in [0.4, 0.5) is 0 Å². The maximum atomic E-state index is 4.38. The molecule has 5 heavy (non-hydrogen) atoms. The molecule has 2 heteroatoms. The van der Waals surface area contributed by atoms with Gasteiger partial charge in [0.25, 0.3) is 0 Å². The Morgan fingerprint density at radius 2 is 1.00 bits per heavy atom. The summed E-state index contributed by atoms with van der Waals surface area (Å²) in [6.07, 6.45) is 0. The molecule has 0 N–H and O–H groups in total. The fourth-order valence-electron chi connectivity index (χ4n) is 0. The zero-order chi connectivity index (χ0) is 2.71. The van der Waals surface area contributed by atoms with Gasteiger partial charge in [-0.05, 0) is 0 Å². The van der Waals surface area contributed by atoms with E-state index in [1.54, 1.807) is 5.73 Å². The summed E-state index contributed by atoms with van der Waals surface area (Å²) >= 11 is 0. The number of hydrogen-bond donors (Lipinski definition) is 0. The van der Waals surface area contributed by atoms with Gasteiger partial charge >= 0.3 is 44.8 Å². The van der Waals surface area contributed by atoms with E-state index in [0.717, 1.165) is 0 Å². The van der Waals surface area contributed by atoms with Crippen molar-refractivity contribution in [3.63, 3.8) is 0 Å². The minimum Gasteiger partial charge on any atom is -0.567 e. The summed E-state index contributed by atoms with van der Waals surface area (Å²) in [7, 11) is 0. The first kappa shape index (κ1) is 16.7. The summed E-state index contributed by atoms with van der Waals surface area (Å²) in [5, 5.41) is 0. The molecule has 0 radical (unpaired) electrons. The monoisotopic (exact) mass is 432 g/mol. The van der Waals surface area contributed by atoms with Gasteiger partial charge in [-0.15, -0.1) is 0 Å². The van der Waals surface area contributed by atoms with Crippen LogP contribution >= 0.6 is 0 Å². The Balaban J connectivity index is -0.0000000200. The van der Waals surface area contributed by atoms with E-state index in [1.807, 2.05) is 0 Å². The average Bonchev–Trinajstić information content (AvgIpc) is 0.918. The van der Waals surface area contributed by atoms with E-state index in [-0.39, 0.29) is 44.8 Å². The maximum absolute atomic E-state index is 4.38. The Labute approximate surface area is 63.4 Å². The van der Waals surface area contributed by atoms with Gasteiger partial charge in [0.05, 0.1) is 0 Å². The SMILES string of the molecule is [Au+].[Au+].[CH-]=C=[CH-]. The van der Waals surface area contributed by atoms with Gasteiger partial charge in [0.15, 0.2) is 0 Å². The molecule has 0 aromatic carbocycles. The third-order valence-electron chi connectivity index (χ3n) is 0. The van der Waals surface area contributed by atoms with Gasteiger partial charge in [0.2, 0.25) is 0 Å². The van der Waals surface area contributed by atoms with Crippen molar-refractivity contribution < 1.29 is 44.8 Å². The van der Waals surface area contributed by atoms with E-state index in [9.17, 15) is 0 Å². The minimum absolute atomic E-state index is 0. The van der Waals surface area contributed by atoms with Crippen LogP contribution in [0.2, 0.25) is 0 Å². The molecule has 0 aliphatic carbocycles. The van der Waals surface area contributed by atoms with Gasteiger partial charge < -0.3 is 18.9 Å². The molecule has 0 aliphatic heterocycles. The molecule has 0 bridgehead atoms. The van der Waals surface area contributed by atoms with Gasteiger partial charge in [0.1, 0.15) is 0 Å². The predicted molar refractivity (Wildman–Crippen MR) is 12.1 cm³/mol. The van der Waals surface area contributed by atoms with Gasteiger partial charge in [-0.1, -0.05) is 0 Å². The maximum Gasteiger partial charge on any atom is 1.00 e. The molecule has 0 saturated heterocycles. The predicted octanol–water partition coefficient (Wildman–Crippen LogP) is 0.559. The van der Waals surface area contributed by atoms with Crippen LogP contribution in [0, 0.1) is 13.2 Å². The number of rotatable bonds is 0. The third kappa shape index (κ3) is 45.0. The quantitative estimate of drug-likeness (QED) is 0.299. The number of hydrogen-bond acceptors (Lipinski definition) is 0. The molecule has 0 spiro atoms. The smallest absolute Gasteiger partial charge is 0.567 e. The fraction of sp³-hybridized carbons (Fsp3) is 0. The molecule has 0 aromatic rings. The largest absolute Gasteiger partial charge is 1.00 e. The van der Waals surface area contributed by atoms with E-state index in [1.165, 1.54) is 0 Å². The topological polar surface area (TPSA) is 0 Å². The van der Waals surface area contributed by atoms with Crippen molar-refractivity contribution in [2.45, 2.75) is 0 Å². The third-order valence-corrected chi connectivity index (χ3v) is 0. The standard InChI is InChI=1S/C3H2.2Au/c1-3-2;;/h1-2H;;/q-2;2*+1. The van der Waals surface area contributed by atoms with E-state index >= 15 is 0 Å². The summed E-state index contributed by atoms with van der Waals surface area (Å²) in [5.41, 5.74) is 1.75. The van der Waals surface area contributed by atoms with Crippen molar-refractivity contribution in [2.24, 2.45) is 0 Å². The van der Waals surface area contributed by atoms with Gasteiger partial charge in [-0.3, -0.25) is 0 Å². The van der Waals surface area contributed by atoms with Crippen molar-refractivity contribution in [2.75, 3.05) is 0 Å². The van der Waals surface area contributed by atoms with Gasteiger partial charge in [0, 0.05) is 0 Å². The minimum atomic E-state index is 0. The molecule has 0 unspecified atom stereocenters. The Kier molecular flexibility index (Phi) is 66.7. The second-order valence-corrected chi connectivity index (χ2v) is 0.167. The van der Waals surface area contributed by atoms with E-state index in [0.29, 0.717) is 0 Å². The van der Waals surface area contributed by atoms with Crippen molar-refractivity contribution in [3.8, 4) is 0 Å². The van der Waals surface area contributed by atoms with E-state index < -0.39 is 0 Å². The molecule has 0 fully saturated rings. The van der Waals surface area contributed by atoms with Crippen LogP contribution in [-0.2, 0) is 44.8 Å². The summed E-state index contributed by atoms with van der Waals surface area (Å²) in [6, 6.07) is 0. The Hall–Kier alpha value is 1.00. The molecule has 0 amide bonds. The van der Waals surface area contributed by atoms with E-state index in [4.69, 9.17) is 0 Å². The molecular formula is C3H2Au2. The summed E-state index contributed by atoms with van der Waals surface area (Å²) in [6.45, 7) is 8.75. The Morgan fingerprint density at radius 3 is 1.00 bits per heavy atom. The molecule has 0 nitrogen and oxygen atoms in total. The summed E-state index contributed by atoms with van der Waals surface area (Å²) in [5.74, 6) is 0. The van der Waals surface area contributed by atoms with Crippen LogP contribution in [0.1, 0.15) is 0 Å². The fourth-order valence-corrected chi connectivity index (χ4v) is 0. The van der Waals surface area contributed by atoms with Crippen LogP contribution in [0.5, 0.6) is 0 Å². The second-order valence-electron chi connectivity index (χ2n) is 0.167. The zero-order valence-electron chi connectivity index (χ0n) is 2.26. The normalized spacial score (nSPS) is 1.60. The Bertz CT molecular complexity index is 25.9. The average molecular weight is 432 g/mol. The molecule has 0 rings (SSSR count). The van der Waals surface area contributed by atoms with Crippen LogP contribution in [-0.4, -0.2) is 0 Å². The van der Waals surface area contributed by atoms with Crippen molar-refractivity contribution in [3.05, 3.63) is 18.9 Å². The molecule has 0 saturated carbocycles. The first-order valence-electron chi connectivity index (χ1n) is 0.577. The van der Waals surface area contributed by atoms with Crippen LogP contribution < -0.4 is 0 Å². The summed E-state index contributed by atoms with van der Waals surface area (Å²) < 4.78 is 0. The van der Waals surface area contributed by atoms with Crippen LogP contribution in [0.15, 0.2) is 5.73 Å². The first-order valence-corrected chi connectivity index (χ1v) is 0.577. The zero-order valence-corrected chi connectivity index (χ0v) is 6.59. The molecule has 36 valence electrons. The molecular weight excluding hydrogens is 430 g/mol. The molecule has 0 aromatic heterocycles. The molecule has 0 heterocycles. The molecule has 0 atom stereocenters. The van der Waals surface area contributed by atoms with Gasteiger partial charge in [-0.25, -0.2) is 0 Å². The van der Waals surface area contributed by atoms with Crippen molar-refractivity contribution in [1.82, 2.24) is 0 Å². The second kappa shape index (κ2) is 20.0. The molecule has 0 aliphatic rings. The van der Waals surface area contributed by atoms with Crippen molar-refractivity contribution >= 4 is 0 Å².